The van der Waals surface area contributed by atoms with Gasteiger partial charge in [0.05, 0.1) is 10.6 Å². The van der Waals surface area contributed by atoms with Gasteiger partial charge in [-0.25, -0.2) is 4.98 Å². The zero-order chi connectivity index (χ0) is 16.2. The average Bonchev–Trinajstić information content (AvgIpc) is 3.13. The van der Waals surface area contributed by atoms with Crippen molar-refractivity contribution in [1.29, 1.82) is 0 Å². The van der Waals surface area contributed by atoms with E-state index in [1.54, 1.807) is 24.3 Å². The SMILES string of the molecule is C[C@@H](NC(=O)c1cccs1)C(=O)Nc1nc2c(s1)CCCCC2. The second-order valence-corrected chi connectivity index (χ2v) is 7.64. The fourth-order valence-electron chi connectivity index (χ4n) is 2.54. The summed E-state index contributed by atoms with van der Waals surface area (Å²) in [5.74, 6) is -0.462. The molecule has 0 aliphatic heterocycles. The minimum atomic E-state index is -0.603. The van der Waals surface area contributed by atoms with Crippen LogP contribution in [0.3, 0.4) is 0 Å². The summed E-state index contributed by atoms with van der Waals surface area (Å²) < 4.78 is 0. The smallest absolute Gasteiger partial charge is 0.261 e. The van der Waals surface area contributed by atoms with Gasteiger partial charge in [0.15, 0.2) is 5.13 Å². The van der Waals surface area contributed by atoms with Gasteiger partial charge in [0.1, 0.15) is 6.04 Å². The Morgan fingerprint density at radius 1 is 1.26 bits per heavy atom. The molecule has 0 saturated carbocycles. The van der Waals surface area contributed by atoms with Gasteiger partial charge in [0.25, 0.3) is 5.91 Å². The van der Waals surface area contributed by atoms with E-state index in [1.165, 1.54) is 29.1 Å². The first-order valence-corrected chi connectivity index (χ1v) is 9.47. The van der Waals surface area contributed by atoms with Crippen molar-refractivity contribution in [1.82, 2.24) is 10.3 Å². The van der Waals surface area contributed by atoms with E-state index in [0.29, 0.717) is 10.0 Å². The molecule has 1 aliphatic carbocycles. The third kappa shape index (κ3) is 3.97. The lowest BCUT2D eigenvalue weighted by atomic mass is 10.2. The van der Waals surface area contributed by atoms with Gasteiger partial charge in [0.2, 0.25) is 5.91 Å². The largest absolute Gasteiger partial charge is 0.340 e. The number of thiophene rings is 1. The van der Waals surface area contributed by atoms with Crippen LogP contribution in [0, 0.1) is 0 Å². The number of hydrogen-bond donors (Lipinski definition) is 2. The van der Waals surface area contributed by atoms with Gasteiger partial charge in [-0.1, -0.05) is 12.5 Å². The molecule has 0 fully saturated rings. The number of aryl methyl sites for hydroxylation is 2. The van der Waals surface area contributed by atoms with Crippen LogP contribution in [0.5, 0.6) is 0 Å². The molecule has 0 radical (unpaired) electrons. The van der Waals surface area contributed by atoms with E-state index in [1.807, 2.05) is 11.4 Å². The Bertz CT molecular complexity index is 671. The highest BCUT2D eigenvalue weighted by Crippen LogP contribution is 2.28. The molecule has 3 rings (SSSR count). The third-order valence-electron chi connectivity index (χ3n) is 3.81. The van der Waals surface area contributed by atoms with E-state index in [0.717, 1.165) is 25.0 Å². The molecule has 23 heavy (non-hydrogen) atoms. The number of nitrogens with one attached hydrogen (secondary N) is 2. The lowest BCUT2D eigenvalue weighted by molar-refractivity contribution is -0.117. The van der Waals surface area contributed by atoms with Gasteiger partial charge < -0.3 is 10.6 Å². The molecule has 2 aromatic heterocycles. The van der Waals surface area contributed by atoms with Gasteiger partial charge in [0, 0.05) is 4.88 Å². The number of thiazole rings is 1. The summed E-state index contributed by atoms with van der Waals surface area (Å²) in [4.78, 5) is 30.6. The van der Waals surface area contributed by atoms with Crippen LogP contribution in [0.1, 0.15) is 46.4 Å². The first kappa shape index (κ1) is 16.1. The van der Waals surface area contributed by atoms with Crippen molar-refractivity contribution in [2.75, 3.05) is 5.32 Å². The fraction of sp³-hybridized carbons (Fsp3) is 0.438. The second-order valence-electron chi connectivity index (χ2n) is 5.61. The Kier molecular flexibility index (Phi) is 5.07. The maximum atomic E-state index is 12.2. The van der Waals surface area contributed by atoms with E-state index < -0.39 is 6.04 Å². The Labute approximate surface area is 143 Å². The monoisotopic (exact) mass is 349 g/mol. The van der Waals surface area contributed by atoms with E-state index >= 15 is 0 Å². The maximum Gasteiger partial charge on any atom is 0.261 e. The fourth-order valence-corrected chi connectivity index (χ4v) is 4.22. The average molecular weight is 349 g/mol. The number of nitrogens with zero attached hydrogens (tertiary/aromatic N) is 1. The summed E-state index contributed by atoms with van der Waals surface area (Å²) in [6.45, 7) is 1.68. The summed E-state index contributed by atoms with van der Waals surface area (Å²) >= 11 is 2.91. The number of anilines is 1. The molecule has 1 atom stereocenters. The number of aromatic nitrogens is 1. The lowest BCUT2D eigenvalue weighted by Gasteiger charge is -2.12. The van der Waals surface area contributed by atoms with Crippen molar-refractivity contribution in [3.63, 3.8) is 0 Å². The summed E-state index contributed by atoms with van der Waals surface area (Å²) in [5, 5.41) is 8.01. The molecule has 122 valence electrons. The molecule has 2 heterocycles. The molecule has 0 bridgehead atoms. The quantitative estimate of drug-likeness (QED) is 0.833. The highest BCUT2D eigenvalue weighted by Gasteiger charge is 2.20. The van der Waals surface area contributed by atoms with Crippen LogP contribution >= 0.6 is 22.7 Å². The third-order valence-corrected chi connectivity index (χ3v) is 5.75. The minimum Gasteiger partial charge on any atom is -0.340 e. The minimum absolute atomic E-state index is 0.224. The Morgan fingerprint density at radius 3 is 2.87 bits per heavy atom. The second kappa shape index (κ2) is 7.23. The predicted molar refractivity (Wildman–Crippen MR) is 93.2 cm³/mol. The van der Waals surface area contributed by atoms with Gasteiger partial charge in [-0.15, -0.1) is 22.7 Å². The molecule has 5 nitrogen and oxygen atoms in total. The molecule has 2 aromatic rings. The van der Waals surface area contributed by atoms with Crippen molar-refractivity contribution < 1.29 is 9.59 Å². The van der Waals surface area contributed by atoms with Crippen molar-refractivity contribution in [3.8, 4) is 0 Å². The first-order chi connectivity index (χ1) is 11.1. The first-order valence-electron chi connectivity index (χ1n) is 7.77. The summed E-state index contributed by atoms with van der Waals surface area (Å²) in [6, 6.07) is 2.95. The summed E-state index contributed by atoms with van der Waals surface area (Å²) in [7, 11) is 0. The van der Waals surface area contributed by atoms with Crippen molar-refractivity contribution in [3.05, 3.63) is 33.0 Å². The van der Waals surface area contributed by atoms with Crippen LogP contribution in [0.25, 0.3) is 0 Å². The highest BCUT2D eigenvalue weighted by molar-refractivity contribution is 7.15. The van der Waals surface area contributed by atoms with Crippen LogP contribution in [-0.4, -0.2) is 22.8 Å². The molecule has 1 aliphatic rings. The summed E-state index contributed by atoms with van der Waals surface area (Å²) in [5.41, 5.74) is 1.12. The molecule has 0 spiro atoms. The maximum absolute atomic E-state index is 12.2. The van der Waals surface area contributed by atoms with E-state index in [4.69, 9.17) is 0 Å². The predicted octanol–water partition coefficient (Wildman–Crippen LogP) is 3.23. The molecular formula is C16H19N3O2S2. The van der Waals surface area contributed by atoms with E-state index in [9.17, 15) is 9.59 Å². The number of carbonyl (C=O) groups excluding carboxylic acids is 2. The Morgan fingerprint density at radius 2 is 2.09 bits per heavy atom. The van der Waals surface area contributed by atoms with E-state index in [2.05, 4.69) is 15.6 Å². The number of rotatable bonds is 4. The van der Waals surface area contributed by atoms with Crippen molar-refractivity contribution in [2.24, 2.45) is 0 Å². The zero-order valence-electron chi connectivity index (χ0n) is 12.9. The molecule has 2 amide bonds. The highest BCUT2D eigenvalue weighted by atomic mass is 32.1. The van der Waals surface area contributed by atoms with Gasteiger partial charge in [-0.3, -0.25) is 9.59 Å². The van der Waals surface area contributed by atoms with Crippen molar-refractivity contribution in [2.45, 2.75) is 45.1 Å². The van der Waals surface area contributed by atoms with Crippen LogP contribution in [0.2, 0.25) is 0 Å². The van der Waals surface area contributed by atoms with Crippen LogP contribution in [0.15, 0.2) is 17.5 Å². The molecule has 7 heteroatoms. The number of hydrogen-bond acceptors (Lipinski definition) is 5. The van der Waals surface area contributed by atoms with Crippen molar-refractivity contribution >= 4 is 39.6 Å². The summed E-state index contributed by atoms with van der Waals surface area (Å²) in [6.07, 6.45) is 5.64. The lowest BCUT2D eigenvalue weighted by Crippen LogP contribution is -2.41. The van der Waals surface area contributed by atoms with Gasteiger partial charge >= 0.3 is 0 Å². The standard InChI is InChI=1S/C16H19N3O2S2/c1-10(17-15(21)13-8-5-9-22-13)14(20)19-16-18-11-6-3-2-4-7-12(11)23-16/h5,8-10H,2-4,6-7H2,1H3,(H,17,21)(H,18,19,20)/t10-/m1/s1. The molecule has 0 unspecified atom stereocenters. The topological polar surface area (TPSA) is 71.1 Å². The van der Waals surface area contributed by atoms with Gasteiger partial charge in [-0.2, -0.15) is 0 Å². The van der Waals surface area contributed by atoms with Crippen LogP contribution < -0.4 is 10.6 Å². The molecule has 2 N–H and O–H groups in total. The Hall–Kier alpha value is -1.73. The van der Waals surface area contributed by atoms with Crippen LogP contribution in [0.4, 0.5) is 5.13 Å². The molecular weight excluding hydrogens is 330 g/mol. The normalized spacial score (nSPS) is 15.3. The van der Waals surface area contributed by atoms with Gasteiger partial charge in [-0.05, 0) is 44.1 Å². The zero-order valence-corrected chi connectivity index (χ0v) is 14.6. The number of amides is 2. The van der Waals surface area contributed by atoms with Crippen LogP contribution in [-0.2, 0) is 17.6 Å². The number of fused-ring (bicyclic) bond motifs is 1. The van der Waals surface area contributed by atoms with E-state index in [-0.39, 0.29) is 11.8 Å². The number of carbonyl (C=O) groups is 2. The Balaban J connectivity index is 1.59. The molecule has 0 aromatic carbocycles. The molecule has 0 saturated heterocycles.